The lowest BCUT2D eigenvalue weighted by atomic mass is 9.82. The average molecular weight is 935 g/mol. The van der Waals surface area contributed by atoms with E-state index in [0.29, 0.717) is 0 Å². The van der Waals surface area contributed by atoms with E-state index in [9.17, 15) is 0 Å². The minimum Gasteiger partial charge on any atom is -0.405 e. The second-order valence-corrected chi connectivity index (χ2v) is 18.8. The van der Waals surface area contributed by atoms with Crippen LogP contribution in [0.3, 0.4) is 0 Å². The molecule has 2 N–H and O–H groups in total. The fraction of sp³-hybridized carbons (Fsp3) is 0.0299. The predicted molar refractivity (Wildman–Crippen MR) is 305 cm³/mol. The van der Waals surface area contributed by atoms with Gasteiger partial charge in [-0.2, -0.15) is 0 Å². The van der Waals surface area contributed by atoms with Gasteiger partial charge in [-0.05, 0) is 189 Å². The van der Waals surface area contributed by atoms with Crippen molar-refractivity contribution < 1.29 is 0 Å². The van der Waals surface area contributed by atoms with E-state index in [2.05, 4.69) is 220 Å². The number of hydrogen-bond acceptors (Lipinski definition) is 6. The van der Waals surface area contributed by atoms with Gasteiger partial charge in [-0.3, -0.25) is 15.0 Å². The Hall–Kier alpha value is -9.65. The molecule has 0 fully saturated rings. The monoisotopic (exact) mass is 934 g/mol. The summed E-state index contributed by atoms with van der Waals surface area (Å²) >= 11 is 0. The topological polar surface area (TPSA) is 71.2 Å². The van der Waals surface area contributed by atoms with Crippen molar-refractivity contribution in [2.24, 2.45) is 5.73 Å². The van der Waals surface area contributed by atoms with Crippen molar-refractivity contribution in [1.82, 2.24) is 15.0 Å². The molecule has 6 nitrogen and oxygen atoms in total. The van der Waals surface area contributed by atoms with Gasteiger partial charge in [0.2, 0.25) is 0 Å². The van der Waals surface area contributed by atoms with Crippen molar-refractivity contribution in [3.05, 3.63) is 243 Å². The standard InChI is InChI=1S/C67H46N6/c1-2-9-42(26-33-68)72(43-27-34-69-35-28-43)46-18-20-60-62(40-46)66(58-24-22-56-50-12-5-3-10-48(50)52-14-7-16-54(58)64(52)56)61-21-19-47(73(44-29-36-70-37-30-44)45-31-38-71-39-32-45)41-63(61)67(60)59-25-23-57-51-13-6-4-11-49(51)53-15-8-17-55(59)65(53)57/h3-41H,2,68H2,1H3/b33-26-,42-9+. The molecule has 73 heavy (non-hydrogen) atoms. The number of aromatic nitrogens is 3. The minimum atomic E-state index is 0.825. The van der Waals surface area contributed by atoms with Crippen LogP contribution in [-0.4, -0.2) is 15.0 Å². The summed E-state index contributed by atoms with van der Waals surface area (Å²) < 4.78 is 0. The summed E-state index contributed by atoms with van der Waals surface area (Å²) in [6.07, 6.45) is 17.8. The molecule has 0 spiro atoms. The van der Waals surface area contributed by atoms with E-state index in [1.165, 1.54) is 88.3 Å². The lowest BCUT2D eigenvalue weighted by Gasteiger charge is -2.28. The van der Waals surface area contributed by atoms with Gasteiger partial charge in [0.15, 0.2) is 0 Å². The van der Waals surface area contributed by atoms with Crippen LogP contribution in [-0.2, 0) is 0 Å². The molecule has 344 valence electrons. The zero-order chi connectivity index (χ0) is 48.6. The highest BCUT2D eigenvalue weighted by Crippen LogP contribution is 2.55. The third kappa shape index (κ3) is 6.54. The molecular weight excluding hydrogens is 889 g/mol. The zero-order valence-electron chi connectivity index (χ0n) is 40.0. The molecular formula is C67H46N6. The van der Waals surface area contributed by atoms with Crippen molar-refractivity contribution in [3.63, 3.8) is 0 Å². The van der Waals surface area contributed by atoms with Crippen LogP contribution >= 0.6 is 0 Å². The maximum atomic E-state index is 6.24. The van der Waals surface area contributed by atoms with E-state index >= 15 is 0 Å². The first kappa shape index (κ1) is 42.2. The quantitative estimate of drug-likeness (QED) is 0.109. The average Bonchev–Trinajstić information content (AvgIpc) is 3.96. The van der Waals surface area contributed by atoms with Crippen LogP contribution in [0.25, 0.3) is 110 Å². The van der Waals surface area contributed by atoms with Gasteiger partial charge in [-0.1, -0.05) is 134 Å². The molecule has 0 saturated carbocycles. The summed E-state index contributed by atoms with van der Waals surface area (Å²) in [6.45, 7) is 2.16. The van der Waals surface area contributed by atoms with Crippen molar-refractivity contribution in [2.75, 3.05) is 9.80 Å². The molecule has 0 atom stereocenters. The Morgan fingerprint density at radius 2 is 0.795 bits per heavy atom. The number of fused-ring (bicyclic) bond motifs is 8. The van der Waals surface area contributed by atoms with E-state index in [-0.39, 0.29) is 0 Å². The van der Waals surface area contributed by atoms with Crippen molar-refractivity contribution in [1.29, 1.82) is 0 Å². The molecule has 9 aromatic carbocycles. The Balaban J connectivity index is 1.15. The van der Waals surface area contributed by atoms with Gasteiger partial charge in [-0.15, -0.1) is 0 Å². The maximum Gasteiger partial charge on any atom is 0.0492 e. The number of benzene rings is 9. The van der Waals surface area contributed by atoms with Crippen molar-refractivity contribution in [2.45, 2.75) is 13.3 Å². The van der Waals surface area contributed by atoms with E-state index in [1.54, 1.807) is 6.20 Å². The maximum absolute atomic E-state index is 6.24. The summed E-state index contributed by atoms with van der Waals surface area (Å²) in [7, 11) is 0. The first-order chi connectivity index (χ1) is 36.2. The van der Waals surface area contributed by atoms with Crippen molar-refractivity contribution in [3.8, 4) is 66.8 Å². The highest BCUT2D eigenvalue weighted by atomic mass is 15.2. The lowest BCUT2D eigenvalue weighted by molar-refractivity contribution is 1.13. The van der Waals surface area contributed by atoms with Crippen LogP contribution in [0.15, 0.2) is 243 Å². The third-order valence-corrected chi connectivity index (χ3v) is 14.9. The lowest BCUT2D eigenvalue weighted by Crippen LogP contribution is -2.15. The van der Waals surface area contributed by atoms with Crippen molar-refractivity contribution >= 4 is 71.5 Å². The van der Waals surface area contributed by atoms with E-state index in [0.717, 1.165) is 62.1 Å². The summed E-state index contributed by atoms with van der Waals surface area (Å²) in [6, 6.07) is 67.3. The zero-order valence-corrected chi connectivity index (χ0v) is 40.0. The fourth-order valence-electron chi connectivity index (χ4n) is 12.0. The number of allylic oxidation sites excluding steroid dienone is 2. The van der Waals surface area contributed by atoms with Crippen LogP contribution in [0.4, 0.5) is 28.4 Å². The van der Waals surface area contributed by atoms with Gasteiger partial charge in [0, 0.05) is 71.3 Å². The number of anilines is 5. The van der Waals surface area contributed by atoms with E-state index in [1.807, 2.05) is 43.3 Å². The molecule has 2 aliphatic rings. The summed E-state index contributed by atoms with van der Waals surface area (Å²) in [5.41, 5.74) is 27.1. The molecule has 0 radical (unpaired) electrons. The van der Waals surface area contributed by atoms with Gasteiger partial charge >= 0.3 is 0 Å². The molecule has 3 aromatic heterocycles. The molecule has 6 heteroatoms. The fourth-order valence-corrected chi connectivity index (χ4v) is 12.0. The van der Waals surface area contributed by atoms with Gasteiger partial charge in [0.05, 0.1) is 0 Å². The number of rotatable bonds is 10. The number of hydrogen-bond donors (Lipinski definition) is 1. The van der Waals surface area contributed by atoms with Crippen LogP contribution in [0.5, 0.6) is 0 Å². The molecule has 0 amide bonds. The molecule has 12 aromatic rings. The second-order valence-electron chi connectivity index (χ2n) is 18.8. The summed E-state index contributed by atoms with van der Waals surface area (Å²) in [5.74, 6) is 0. The number of pyridine rings is 3. The Morgan fingerprint density at radius 1 is 0.384 bits per heavy atom. The molecule has 0 unspecified atom stereocenters. The highest BCUT2D eigenvalue weighted by molar-refractivity contribution is 6.29. The third-order valence-electron chi connectivity index (χ3n) is 14.9. The summed E-state index contributed by atoms with van der Waals surface area (Å²) in [5, 5.41) is 9.60. The minimum absolute atomic E-state index is 0.825. The normalized spacial score (nSPS) is 12.3. The van der Waals surface area contributed by atoms with E-state index < -0.39 is 0 Å². The largest absolute Gasteiger partial charge is 0.405 e. The highest BCUT2D eigenvalue weighted by Gasteiger charge is 2.29. The number of nitrogens with two attached hydrogens (primary N) is 1. The molecule has 0 aliphatic heterocycles. The van der Waals surface area contributed by atoms with E-state index in [4.69, 9.17) is 5.73 Å². The second kappa shape index (κ2) is 17.0. The summed E-state index contributed by atoms with van der Waals surface area (Å²) in [4.78, 5) is 17.9. The van der Waals surface area contributed by atoms with Crippen LogP contribution in [0, 0.1) is 0 Å². The first-order valence-electron chi connectivity index (χ1n) is 24.9. The molecule has 14 rings (SSSR count). The Morgan fingerprint density at radius 3 is 1.26 bits per heavy atom. The first-order valence-corrected chi connectivity index (χ1v) is 24.9. The van der Waals surface area contributed by atoms with Crippen LogP contribution in [0.1, 0.15) is 13.3 Å². The molecule has 2 aliphatic carbocycles. The Bertz CT molecular complexity index is 4160. The molecule has 0 bridgehead atoms. The van der Waals surface area contributed by atoms with Gasteiger partial charge in [0.25, 0.3) is 0 Å². The van der Waals surface area contributed by atoms with Gasteiger partial charge in [-0.25, -0.2) is 0 Å². The van der Waals surface area contributed by atoms with Crippen LogP contribution in [0.2, 0.25) is 0 Å². The smallest absolute Gasteiger partial charge is 0.0492 e. The Kier molecular flexibility index (Phi) is 9.86. The van der Waals surface area contributed by atoms with Crippen LogP contribution < -0.4 is 15.5 Å². The Labute approximate surface area is 423 Å². The SMILES string of the molecule is CC/C=C(\C=C/N)N(c1ccncc1)c1ccc2c(-c3ccc4c5c(cccc35)-c3ccccc3-4)c3cc(N(c4ccncc4)c4ccncc4)ccc3c(-c3ccc4c5c(cccc35)-c3ccccc3-4)c2c1. The molecule has 3 heterocycles. The number of nitrogens with zero attached hydrogens (tertiary/aromatic N) is 5. The van der Waals surface area contributed by atoms with Gasteiger partial charge in [0.1, 0.15) is 0 Å². The van der Waals surface area contributed by atoms with Gasteiger partial charge < -0.3 is 15.5 Å². The molecule has 0 saturated heterocycles. The predicted octanol–water partition coefficient (Wildman–Crippen LogP) is 17.5.